The Balaban J connectivity index is 1.85. The number of nitrogens with zero attached hydrogens (tertiary/aromatic N) is 2. The molecule has 0 aromatic heterocycles. The average molecular weight is 262 g/mol. The average Bonchev–Trinajstić information content (AvgIpc) is 2.60. The molecule has 0 N–H and O–H groups in total. The lowest BCUT2D eigenvalue weighted by atomic mass is 10.2. The Labute approximate surface area is 115 Å². The zero-order chi connectivity index (χ0) is 13.7. The normalized spacial score (nSPS) is 22.9. The predicted octanol–water partition coefficient (Wildman–Crippen LogP) is 1.40. The Kier molecular flexibility index (Phi) is 4.98. The molecule has 2 heterocycles. The molecule has 1 atom stereocenters. The molecule has 0 spiro atoms. The fourth-order valence-electron chi connectivity index (χ4n) is 2.69. The van der Waals surface area contributed by atoms with Gasteiger partial charge >= 0.3 is 0 Å². The highest BCUT2D eigenvalue weighted by atomic mass is 16.2. The molecular weight excluding hydrogens is 240 g/mol. The Bertz CT molecular complexity index is 384. The topological polar surface area (TPSA) is 40.6 Å². The van der Waals surface area contributed by atoms with Gasteiger partial charge in [0.25, 0.3) is 0 Å². The molecule has 0 aliphatic carbocycles. The smallest absolute Gasteiger partial charge is 0.230 e. The summed E-state index contributed by atoms with van der Waals surface area (Å²) in [6.07, 6.45) is 5.82. The number of carbonyl (C=O) groups excluding carboxylic acids is 2. The van der Waals surface area contributed by atoms with E-state index in [2.05, 4.69) is 16.7 Å². The van der Waals surface area contributed by atoms with E-state index in [-0.39, 0.29) is 17.9 Å². The first-order chi connectivity index (χ1) is 9.18. The van der Waals surface area contributed by atoms with Gasteiger partial charge in [0, 0.05) is 12.8 Å². The molecule has 0 saturated carbocycles. The highest BCUT2D eigenvalue weighted by Gasteiger charge is 2.31. The van der Waals surface area contributed by atoms with Gasteiger partial charge in [0.05, 0.1) is 12.6 Å². The molecule has 2 aliphatic rings. The van der Waals surface area contributed by atoms with Crippen LogP contribution in [-0.4, -0.2) is 47.3 Å². The van der Waals surface area contributed by atoms with Crippen LogP contribution in [0.5, 0.6) is 0 Å². The summed E-state index contributed by atoms with van der Waals surface area (Å²) < 4.78 is 0. The zero-order valence-electron chi connectivity index (χ0n) is 11.7. The van der Waals surface area contributed by atoms with Crippen LogP contribution in [0.2, 0.25) is 0 Å². The lowest BCUT2D eigenvalue weighted by Gasteiger charge is -2.18. The molecule has 4 nitrogen and oxygen atoms in total. The van der Waals surface area contributed by atoms with E-state index in [9.17, 15) is 9.59 Å². The van der Waals surface area contributed by atoms with E-state index in [0.29, 0.717) is 12.8 Å². The minimum absolute atomic E-state index is 0.0819. The van der Waals surface area contributed by atoms with E-state index in [1.165, 1.54) is 30.6 Å². The van der Waals surface area contributed by atoms with Gasteiger partial charge in [0.15, 0.2) is 0 Å². The molecular formula is C15H22N2O2. The maximum atomic E-state index is 11.6. The molecule has 0 aromatic carbocycles. The molecule has 4 heteroatoms. The molecule has 2 aliphatic heterocycles. The fraction of sp³-hybridized carbons (Fsp3) is 0.733. The predicted molar refractivity (Wildman–Crippen MR) is 73.2 cm³/mol. The van der Waals surface area contributed by atoms with Crippen molar-refractivity contribution in [1.82, 2.24) is 9.80 Å². The first-order valence-corrected chi connectivity index (χ1v) is 7.24. The van der Waals surface area contributed by atoms with Crippen LogP contribution >= 0.6 is 0 Å². The van der Waals surface area contributed by atoms with E-state index >= 15 is 0 Å². The van der Waals surface area contributed by atoms with Gasteiger partial charge in [0.2, 0.25) is 11.8 Å². The standard InChI is InChI=1S/C15H22N2O2/c1-13(17-14(18)8-9-15(17)19)7-6-12-16-10-4-2-3-5-11-16/h13H,2-5,8-12H2,1H3. The second-order valence-corrected chi connectivity index (χ2v) is 5.34. The summed E-state index contributed by atoms with van der Waals surface area (Å²) >= 11 is 0. The molecule has 2 rings (SSSR count). The molecule has 1 unspecified atom stereocenters. The van der Waals surface area contributed by atoms with Gasteiger partial charge < -0.3 is 0 Å². The largest absolute Gasteiger partial charge is 0.292 e. The third-order valence-corrected chi connectivity index (χ3v) is 3.79. The first-order valence-electron chi connectivity index (χ1n) is 7.24. The number of carbonyl (C=O) groups is 2. The third kappa shape index (κ3) is 3.81. The zero-order valence-corrected chi connectivity index (χ0v) is 11.7. The van der Waals surface area contributed by atoms with Crippen molar-refractivity contribution in [3.8, 4) is 11.8 Å². The van der Waals surface area contributed by atoms with Crippen molar-refractivity contribution in [1.29, 1.82) is 0 Å². The lowest BCUT2D eigenvalue weighted by Crippen LogP contribution is -2.36. The number of imide groups is 1. The summed E-state index contributed by atoms with van der Waals surface area (Å²) in [5.41, 5.74) is 0. The van der Waals surface area contributed by atoms with Gasteiger partial charge in [-0.3, -0.25) is 19.4 Å². The third-order valence-electron chi connectivity index (χ3n) is 3.79. The van der Waals surface area contributed by atoms with Crippen molar-refractivity contribution in [3.05, 3.63) is 0 Å². The van der Waals surface area contributed by atoms with Crippen LogP contribution in [0.3, 0.4) is 0 Å². The first kappa shape index (κ1) is 14.1. The highest BCUT2D eigenvalue weighted by molar-refractivity contribution is 6.02. The van der Waals surface area contributed by atoms with Crippen molar-refractivity contribution in [2.75, 3.05) is 19.6 Å². The molecule has 19 heavy (non-hydrogen) atoms. The number of hydrogen-bond donors (Lipinski definition) is 0. The van der Waals surface area contributed by atoms with E-state index in [1.54, 1.807) is 0 Å². The van der Waals surface area contributed by atoms with Crippen LogP contribution in [0.25, 0.3) is 0 Å². The monoisotopic (exact) mass is 262 g/mol. The number of hydrogen-bond acceptors (Lipinski definition) is 3. The van der Waals surface area contributed by atoms with Crippen LogP contribution in [0, 0.1) is 11.8 Å². The number of amides is 2. The molecule has 0 radical (unpaired) electrons. The summed E-state index contributed by atoms with van der Waals surface area (Å²) in [6.45, 7) is 4.81. The van der Waals surface area contributed by atoms with Crippen molar-refractivity contribution in [3.63, 3.8) is 0 Å². The summed E-state index contributed by atoms with van der Waals surface area (Å²) in [4.78, 5) is 26.8. The molecule has 2 amide bonds. The van der Waals surface area contributed by atoms with Gasteiger partial charge in [-0.2, -0.15) is 0 Å². The summed E-state index contributed by atoms with van der Waals surface area (Å²) in [6, 6.07) is -0.283. The van der Waals surface area contributed by atoms with Crippen molar-refractivity contribution in [2.45, 2.75) is 51.5 Å². The SMILES string of the molecule is CC(C#CCN1CCCCCC1)N1C(=O)CCC1=O. The van der Waals surface area contributed by atoms with Crippen LogP contribution in [-0.2, 0) is 9.59 Å². The Hall–Kier alpha value is -1.34. The van der Waals surface area contributed by atoms with Gasteiger partial charge in [-0.15, -0.1) is 0 Å². The van der Waals surface area contributed by atoms with E-state index < -0.39 is 0 Å². The van der Waals surface area contributed by atoms with E-state index in [0.717, 1.165) is 19.6 Å². The molecule has 2 saturated heterocycles. The van der Waals surface area contributed by atoms with Crippen LogP contribution in [0.15, 0.2) is 0 Å². The second-order valence-electron chi connectivity index (χ2n) is 5.34. The second kappa shape index (κ2) is 6.72. The number of rotatable bonds is 2. The van der Waals surface area contributed by atoms with Crippen LogP contribution in [0.1, 0.15) is 45.4 Å². The molecule has 0 bridgehead atoms. The lowest BCUT2D eigenvalue weighted by molar-refractivity contribution is -0.139. The molecule has 0 aromatic rings. The van der Waals surface area contributed by atoms with Gasteiger partial charge in [-0.25, -0.2) is 0 Å². The van der Waals surface area contributed by atoms with Gasteiger partial charge in [-0.1, -0.05) is 24.7 Å². The van der Waals surface area contributed by atoms with E-state index in [1.807, 2.05) is 6.92 Å². The van der Waals surface area contributed by atoms with Gasteiger partial charge in [0.1, 0.15) is 0 Å². The summed E-state index contributed by atoms with van der Waals surface area (Å²) in [5, 5.41) is 0. The van der Waals surface area contributed by atoms with Crippen molar-refractivity contribution < 1.29 is 9.59 Å². The van der Waals surface area contributed by atoms with Crippen molar-refractivity contribution in [2.24, 2.45) is 0 Å². The van der Waals surface area contributed by atoms with E-state index in [4.69, 9.17) is 0 Å². The fourth-order valence-corrected chi connectivity index (χ4v) is 2.69. The minimum atomic E-state index is -0.283. The number of likely N-dealkylation sites (tertiary alicyclic amines) is 2. The Morgan fingerprint density at radius 3 is 2.21 bits per heavy atom. The quantitative estimate of drug-likeness (QED) is 0.558. The summed E-state index contributed by atoms with van der Waals surface area (Å²) in [7, 11) is 0. The highest BCUT2D eigenvalue weighted by Crippen LogP contribution is 2.14. The Morgan fingerprint density at radius 1 is 1.05 bits per heavy atom. The summed E-state index contributed by atoms with van der Waals surface area (Å²) in [5.74, 6) is 6.01. The van der Waals surface area contributed by atoms with Crippen LogP contribution in [0.4, 0.5) is 0 Å². The van der Waals surface area contributed by atoms with Crippen molar-refractivity contribution >= 4 is 11.8 Å². The van der Waals surface area contributed by atoms with Crippen LogP contribution < -0.4 is 0 Å². The maximum Gasteiger partial charge on any atom is 0.230 e. The Morgan fingerprint density at radius 2 is 1.63 bits per heavy atom. The minimum Gasteiger partial charge on any atom is -0.292 e. The maximum absolute atomic E-state index is 11.6. The van der Waals surface area contributed by atoms with Gasteiger partial charge in [-0.05, 0) is 32.9 Å². The molecule has 104 valence electrons. The molecule has 2 fully saturated rings.